The van der Waals surface area contributed by atoms with Gasteiger partial charge in [0.2, 0.25) is 0 Å². The fourth-order valence-electron chi connectivity index (χ4n) is 1.98. The highest BCUT2D eigenvalue weighted by atomic mass is 16.5. The van der Waals surface area contributed by atoms with Crippen molar-refractivity contribution in [1.29, 1.82) is 0 Å². The second kappa shape index (κ2) is 6.31. The molecule has 0 saturated carbocycles. The first-order chi connectivity index (χ1) is 10.0. The van der Waals surface area contributed by atoms with Gasteiger partial charge in [-0.1, -0.05) is 26.0 Å². The van der Waals surface area contributed by atoms with E-state index in [-0.39, 0.29) is 5.91 Å². The topological polar surface area (TPSA) is 64.3 Å². The zero-order chi connectivity index (χ0) is 15.4. The summed E-state index contributed by atoms with van der Waals surface area (Å²) in [6.45, 7) is 4.23. The number of carbonyl (C=O) groups is 1. The van der Waals surface area contributed by atoms with E-state index >= 15 is 0 Å². The summed E-state index contributed by atoms with van der Waals surface area (Å²) in [6.07, 6.45) is 0. The molecular weight excluding hydrogens is 264 g/mol. The second-order valence-corrected chi connectivity index (χ2v) is 5.18. The molecule has 4 heteroatoms. The molecule has 0 aromatic heterocycles. The number of methoxy groups -OCH3 is 1. The van der Waals surface area contributed by atoms with Crippen molar-refractivity contribution in [2.75, 3.05) is 18.2 Å². The Bertz CT molecular complexity index is 634. The van der Waals surface area contributed by atoms with Crippen molar-refractivity contribution in [3.63, 3.8) is 0 Å². The van der Waals surface area contributed by atoms with Crippen LogP contribution < -0.4 is 15.8 Å². The van der Waals surface area contributed by atoms with Crippen molar-refractivity contribution in [2.24, 2.45) is 0 Å². The van der Waals surface area contributed by atoms with E-state index in [0.717, 1.165) is 0 Å². The van der Waals surface area contributed by atoms with Gasteiger partial charge in [0.25, 0.3) is 5.91 Å². The summed E-state index contributed by atoms with van der Waals surface area (Å²) in [7, 11) is 1.57. The molecule has 0 aliphatic heterocycles. The van der Waals surface area contributed by atoms with Crippen LogP contribution in [0.25, 0.3) is 0 Å². The lowest BCUT2D eigenvalue weighted by atomic mass is 10.0. The average Bonchev–Trinajstić information content (AvgIpc) is 2.49. The number of ether oxygens (including phenoxy) is 1. The van der Waals surface area contributed by atoms with Crippen LogP contribution in [0.5, 0.6) is 5.75 Å². The minimum Gasteiger partial charge on any atom is -0.497 e. The van der Waals surface area contributed by atoms with Crippen molar-refractivity contribution in [3.8, 4) is 5.75 Å². The molecule has 0 spiro atoms. The van der Waals surface area contributed by atoms with Crippen molar-refractivity contribution < 1.29 is 9.53 Å². The Morgan fingerprint density at radius 1 is 1.14 bits per heavy atom. The molecular formula is C17H20N2O2. The zero-order valence-electron chi connectivity index (χ0n) is 12.5. The van der Waals surface area contributed by atoms with Gasteiger partial charge < -0.3 is 15.8 Å². The quantitative estimate of drug-likeness (QED) is 0.842. The van der Waals surface area contributed by atoms with Crippen LogP contribution in [0.3, 0.4) is 0 Å². The molecule has 21 heavy (non-hydrogen) atoms. The van der Waals surface area contributed by atoms with Crippen molar-refractivity contribution in [2.45, 2.75) is 19.8 Å². The number of carbonyl (C=O) groups excluding carboxylic acids is 1. The van der Waals surface area contributed by atoms with E-state index in [1.165, 1.54) is 5.56 Å². The first-order valence-electron chi connectivity index (χ1n) is 6.86. The molecule has 110 valence electrons. The van der Waals surface area contributed by atoms with Gasteiger partial charge in [-0.15, -0.1) is 0 Å². The minimum atomic E-state index is -0.190. The van der Waals surface area contributed by atoms with Gasteiger partial charge in [0, 0.05) is 11.6 Å². The average molecular weight is 284 g/mol. The van der Waals surface area contributed by atoms with Crippen molar-refractivity contribution in [1.82, 2.24) is 0 Å². The van der Waals surface area contributed by atoms with Crippen LogP contribution in [0.4, 0.5) is 11.4 Å². The highest BCUT2D eigenvalue weighted by Crippen LogP contribution is 2.25. The molecule has 0 aliphatic rings. The molecule has 1 amide bonds. The van der Waals surface area contributed by atoms with E-state index in [4.69, 9.17) is 10.5 Å². The number of rotatable bonds is 4. The normalized spacial score (nSPS) is 10.5. The molecule has 0 unspecified atom stereocenters. The Balaban J connectivity index is 2.17. The second-order valence-electron chi connectivity index (χ2n) is 5.18. The van der Waals surface area contributed by atoms with E-state index < -0.39 is 0 Å². The van der Waals surface area contributed by atoms with Crippen LogP contribution in [0, 0.1) is 0 Å². The SMILES string of the molecule is COc1ccc(N)c(NC(=O)c2ccc(C(C)C)cc2)c1. The number of hydrogen-bond donors (Lipinski definition) is 2. The first-order valence-corrected chi connectivity index (χ1v) is 6.86. The first kappa shape index (κ1) is 14.9. The monoisotopic (exact) mass is 284 g/mol. The summed E-state index contributed by atoms with van der Waals surface area (Å²) in [5.41, 5.74) is 8.72. The van der Waals surface area contributed by atoms with Gasteiger partial charge >= 0.3 is 0 Å². The number of nitrogens with two attached hydrogens (primary N) is 1. The van der Waals surface area contributed by atoms with Crippen LogP contribution in [0.1, 0.15) is 35.7 Å². The lowest BCUT2D eigenvalue weighted by Crippen LogP contribution is -2.13. The minimum absolute atomic E-state index is 0.190. The van der Waals surface area contributed by atoms with Crippen LogP contribution in [-0.4, -0.2) is 13.0 Å². The molecule has 0 saturated heterocycles. The van der Waals surface area contributed by atoms with E-state index in [0.29, 0.717) is 28.6 Å². The van der Waals surface area contributed by atoms with Gasteiger partial charge in [-0.2, -0.15) is 0 Å². The lowest BCUT2D eigenvalue weighted by molar-refractivity contribution is 0.102. The third-order valence-electron chi connectivity index (χ3n) is 3.35. The molecule has 2 rings (SSSR count). The summed E-state index contributed by atoms with van der Waals surface area (Å²) in [5, 5.41) is 2.81. The Morgan fingerprint density at radius 3 is 2.38 bits per heavy atom. The van der Waals surface area contributed by atoms with E-state index in [1.807, 2.05) is 24.3 Å². The highest BCUT2D eigenvalue weighted by Gasteiger charge is 2.09. The number of nitrogens with one attached hydrogen (secondary N) is 1. The molecule has 0 bridgehead atoms. The van der Waals surface area contributed by atoms with Crippen LogP contribution in [0.2, 0.25) is 0 Å². The largest absolute Gasteiger partial charge is 0.497 e. The third-order valence-corrected chi connectivity index (χ3v) is 3.35. The van der Waals surface area contributed by atoms with Gasteiger partial charge in [-0.25, -0.2) is 0 Å². The molecule has 0 radical (unpaired) electrons. The number of benzene rings is 2. The zero-order valence-corrected chi connectivity index (χ0v) is 12.5. The van der Waals surface area contributed by atoms with E-state index in [1.54, 1.807) is 25.3 Å². The summed E-state index contributed by atoms with van der Waals surface area (Å²) in [6, 6.07) is 12.7. The summed E-state index contributed by atoms with van der Waals surface area (Å²) >= 11 is 0. The van der Waals surface area contributed by atoms with Crippen molar-refractivity contribution >= 4 is 17.3 Å². The Morgan fingerprint density at radius 2 is 1.81 bits per heavy atom. The Kier molecular flexibility index (Phi) is 4.48. The summed E-state index contributed by atoms with van der Waals surface area (Å²) < 4.78 is 5.13. The number of amides is 1. The van der Waals surface area contributed by atoms with Gasteiger partial charge in [0.15, 0.2) is 0 Å². The van der Waals surface area contributed by atoms with E-state index in [9.17, 15) is 4.79 Å². The maximum Gasteiger partial charge on any atom is 0.255 e. The number of anilines is 2. The van der Waals surface area contributed by atoms with Crippen LogP contribution in [0.15, 0.2) is 42.5 Å². The van der Waals surface area contributed by atoms with Crippen molar-refractivity contribution in [3.05, 3.63) is 53.6 Å². The fraction of sp³-hybridized carbons (Fsp3) is 0.235. The Labute approximate surface area is 124 Å². The maximum atomic E-state index is 12.2. The predicted octanol–water partition coefficient (Wildman–Crippen LogP) is 3.65. The molecule has 0 aliphatic carbocycles. The number of hydrogen-bond acceptors (Lipinski definition) is 3. The number of nitrogen functional groups attached to an aromatic ring is 1. The third kappa shape index (κ3) is 3.54. The molecule has 0 atom stereocenters. The molecule has 2 aromatic rings. The predicted molar refractivity (Wildman–Crippen MR) is 85.9 cm³/mol. The molecule has 0 heterocycles. The maximum absolute atomic E-state index is 12.2. The van der Waals surface area contributed by atoms with Crippen LogP contribution in [-0.2, 0) is 0 Å². The smallest absolute Gasteiger partial charge is 0.255 e. The van der Waals surface area contributed by atoms with Gasteiger partial charge in [-0.3, -0.25) is 4.79 Å². The fourth-order valence-corrected chi connectivity index (χ4v) is 1.98. The summed E-state index contributed by atoms with van der Waals surface area (Å²) in [5.74, 6) is 0.899. The Hall–Kier alpha value is -2.49. The molecule has 3 N–H and O–H groups in total. The van der Waals surface area contributed by atoms with Gasteiger partial charge in [0.05, 0.1) is 18.5 Å². The van der Waals surface area contributed by atoms with Crippen LogP contribution >= 0.6 is 0 Å². The standard InChI is InChI=1S/C17H20N2O2/c1-11(2)12-4-6-13(7-5-12)17(20)19-16-10-14(21-3)8-9-15(16)18/h4-11H,18H2,1-3H3,(H,19,20). The summed E-state index contributed by atoms with van der Waals surface area (Å²) in [4.78, 5) is 12.2. The lowest BCUT2D eigenvalue weighted by Gasteiger charge is -2.11. The van der Waals surface area contributed by atoms with Gasteiger partial charge in [0.1, 0.15) is 5.75 Å². The van der Waals surface area contributed by atoms with E-state index in [2.05, 4.69) is 19.2 Å². The molecule has 0 fully saturated rings. The molecule has 4 nitrogen and oxygen atoms in total. The molecule has 2 aromatic carbocycles. The van der Waals surface area contributed by atoms with Gasteiger partial charge in [-0.05, 0) is 35.7 Å². The highest BCUT2D eigenvalue weighted by molar-refractivity contribution is 6.05.